The molecule has 0 heterocycles. The average Bonchev–Trinajstić information content (AvgIpc) is 2.90. The summed E-state index contributed by atoms with van der Waals surface area (Å²) in [6.07, 6.45) is 16.0. The Labute approximate surface area is 214 Å². The number of esters is 1. The summed E-state index contributed by atoms with van der Waals surface area (Å²) in [4.78, 5) is 28.2. The molecule has 0 aliphatic heterocycles. The highest BCUT2D eigenvalue weighted by Gasteiger charge is 1.94. The number of amides is 2. The molecule has 204 valence electrons. The van der Waals surface area contributed by atoms with Crippen LogP contribution in [0.2, 0.25) is 0 Å². The zero-order valence-corrected chi connectivity index (χ0v) is 22.9. The molecule has 1 rings (SSSR count). The number of allylic oxidation sites excluding steroid dienone is 1. The number of methoxy groups -OCH3 is 1. The molecule has 35 heavy (non-hydrogen) atoms. The Hall–Kier alpha value is -2.83. The Morgan fingerprint density at radius 3 is 1.91 bits per heavy atom. The molecule has 0 radical (unpaired) electrons. The summed E-state index contributed by atoms with van der Waals surface area (Å²) in [5, 5.41) is 2.14. The highest BCUT2D eigenvalue weighted by molar-refractivity contribution is 5.73. The fourth-order valence-electron chi connectivity index (χ4n) is 2.29. The molecule has 0 aliphatic carbocycles. The fourth-order valence-corrected chi connectivity index (χ4v) is 2.29. The van der Waals surface area contributed by atoms with Crippen LogP contribution in [0.15, 0.2) is 43.0 Å². The standard InChI is InChI=1S/C11H22.C10H14O.C4H7NO3.C2H6.CH3NO/c1-3-5-7-9-11-10-8-6-4-2;1-2-3-9-11-10-7-5-4-6-8-10;1-8-4(7)2-5-3-6;1-2;2-1-3/h3H,1,4-11H2,2H3;4-8H,2-3,9H2,1H3;3H,2H2,1H3,(H,5,6);1-2H3;1H,(H2,2,3). The van der Waals surface area contributed by atoms with Gasteiger partial charge in [0.15, 0.2) is 0 Å². The van der Waals surface area contributed by atoms with Crippen molar-refractivity contribution in [2.75, 3.05) is 20.3 Å². The van der Waals surface area contributed by atoms with E-state index >= 15 is 0 Å². The predicted octanol–water partition coefficient (Wildman–Crippen LogP) is 6.21. The molecule has 0 fully saturated rings. The minimum atomic E-state index is -0.447. The number of ether oxygens (including phenoxy) is 2. The lowest BCUT2D eigenvalue weighted by Gasteiger charge is -2.03. The fraction of sp³-hybridized carbons (Fsp3) is 0.607. The van der Waals surface area contributed by atoms with E-state index < -0.39 is 5.97 Å². The lowest BCUT2D eigenvalue weighted by atomic mass is 10.1. The van der Waals surface area contributed by atoms with Crippen LogP contribution in [0.1, 0.15) is 91.9 Å². The number of hydrogen-bond donors (Lipinski definition) is 2. The zero-order chi connectivity index (χ0) is 27.4. The molecule has 0 aliphatic rings. The van der Waals surface area contributed by atoms with Gasteiger partial charge in [0, 0.05) is 0 Å². The molecule has 0 aromatic heterocycles. The summed E-state index contributed by atoms with van der Waals surface area (Å²) in [6.45, 7) is 12.9. The highest BCUT2D eigenvalue weighted by Crippen LogP contribution is 2.09. The lowest BCUT2D eigenvalue weighted by Crippen LogP contribution is -2.21. The third-order valence-electron chi connectivity index (χ3n) is 4.08. The van der Waals surface area contributed by atoms with Crippen molar-refractivity contribution in [3.05, 3.63) is 43.0 Å². The van der Waals surface area contributed by atoms with Crippen LogP contribution in [0.5, 0.6) is 5.75 Å². The quantitative estimate of drug-likeness (QED) is 0.130. The number of primary amides is 1. The summed E-state index contributed by atoms with van der Waals surface area (Å²) in [7, 11) is 1.26. The molecule has 0 spiro atoms. The van der Waals surface area contributed by atoms with Gasteiger partial charge in [-0.25, -0.2) is 0 Å². The van der Waals surface area contributed by atoms with Crippen molar-refractivity contribution in [1.82, 2.24) is 5.32 Å². The average molecular weight is 497 g/mol. The summed E-state index contributed by atoms with van der Waals surface area (Å²) >= 11 is 0. The van der Waals surface area contributed by atoms with E-state index in [1.54, 1.807) is 0 Å². The molecule has 0 bridgehead atoms. The van der Waals surface area contributed by atoms with Crippen molar-refractivity contribution >= 4 is 18.8 Å². The number of nitrogens with one attached hydrogen (secondary N) is 1. The van der Waals surface area contributed by atoms with E-state index in [1.807, 2.05) is 50.3 Å². The van der Waals surface area contributed by atoms with Gasteiger partial charge in [-0.05, 0) is 31.4 Å². The molecule has 7 heteroatoms. The molecule has 7 nitrogen and oxygen atoms in total. The number of unbranched alkanes of at least 4 members (excludes halogenated alkanes) is 8. The van der Waals surface area contributed by atoms with Gasteiger partial charge in [-0.3, -0.25) is 14.4 Å². The van der Waals surface area contributed by atoms with E-state index in [-0.39, 0.29) is 13.0 Å². The van der Waals surface area contributed by atoms with Gasteiger partial charge in [-0.2, -0.15) is 0 Å². The van der Waals surface area contributed by atoms with E-state index in [2.05, 4.69) is 36.2 Å². The second kappa shape index (κ2) is 41.4. The second-order valence-corrected chi connectivity index (χ2v) is 6.92. The number of benzene rings is 1. The van der Waals surface area contributed by atoms with E-state index in [0.29, 0.717) is 6.41 Å². The van der Waals surface area contributed by atoms with Crippen molar-refractivity contribution in [2.24, 2.45) is 5.73 Å². The Bertz CT molecular complexity index is 539. The minimum Gasteiger partial charge on any atom is -0.494 e. The Morgan fingerprint density at radius 1 is 0.943 bits per heavy atom. The number of hydrogen-bond acceptors (Lipinski definition) is 5. The van der Waals surface area contributed by atoms with E-state index in [1.165, 1.54) is 64.9 Å². The maximum absolute atomic E-state index is 10.1. The van der Waals surface area contributed by atoms with Gasteiger partial charge in [-0.15, -0.1) is 6.58 Å². The summed E-state index contributed by atoms with van der Waals surface area (Å²) in [5.41, 5.74) is 4.17. The molecule has 0 saturated carbocycles. The number of para-hydroxylation sites is 1. The van der Waals surface area contributed by atoms with Gasteiger partial charge >= 0.3 is 5.97 Å². The molecule has 0 unspecified atom stereocenters. The van der Waals surface area contributed by atoms with Crippen molar-refractivity contribution in [3.8, 4) is 5.75 Å². The van der Waals surface area contributed by atoms with Crippen LogP contribution in [0.25, 0.3) is 0 Å². The second-order valence-electron chi connectivity index (χ2n) is 6.92. The van der Waals surface area contributed by atoms with E-state index in [9.17, 15) is 9.59 Å². The third-order valence-corrected chi connectivity index (χ3v) is 4.08. The monoisotopic (exact) mass is 496 g/mol. The molecule has 0 saturated heterocycles. The molecule has 1 aromatic carbocycles. The number of carbonyl (C=O) groups excluding carboxylic acids is 3. The highest BCUT2D eigenvalue weighted by atomic mass is 16.5. The van der Waals surface area contributed by atoms with Crippen molar-refractivity contribution in [1.29, 1.82) is 0 Å². The van der Waals surface area contributed by atoms with E-state index in [0.717, 1.165) is 18.8 Å². The Kier molecular flexibility index (Phi) is 46.6. The maximum Gasteiger partial charge on any atom is 0.325 e. The van der Waals surface area contributed by atoms with Crippen LogP contribution in [0.4, 0.5) is 0 Å². The first-order valence-electron chi connectivity index (χ1n) is 12.8. The molecule has 3 N–H and O–H groups in total. The predicted molar refractivity (Wildman–Crippen MR) is 147 cm³/mol. The summed E-state index contributed by atoms with van der Waals surface area (Å²) in [5.74, 6) is 0.526. The van der Waals surface area contributed by atoms with Crippen LogP contribution in [0.3, 0.4) is 0 Å². The number of nitrogens with two attached hydrogens (primary N) is 1. The van der Waals surface area contributed by atoms with Gasteiger partial charge in [-0.1, -0.05) is 96.9 Å². The van der Waals surface area contributed by atoms with Gasteiger partial charge < -0.3 is 20.5 Å². The van der Waals surface area contributed by atoms with Crippen molar-refractivity contribution in [2.45, 2.75) is 91.9 Å². The summed E-state index contributed by atoms with van der Waals surface area (Å²) < 4.78 is 9.64. The van der Waals surface area contributed by atoms with Gasteiger partial charge in [0.25, 0.3) is 0 Å². The normalized spacial score (nSPS) is 8.37. The Balaban J connectivity index is -0.000000190. The molecular formula is C28H52N2O5. The largest absolute Gasteiger partial charge is 0.494 e. The number of carbonyl (C=O) groups is 3. The van der Waals surface area contributed by atoms with Crippen LogP contribution in [-0.2, 0) is 19.1 Å². The van der Waals surface area contributed by atoms with Gasteiger partial charge in [0.2, 0.25) is 12.8 Å². The van der Waals surface area contributed by atoms with Crippen LogP contribution in [0, 0.1) is 0 Å². The van der Waals surface area contributed by atoms with Gasteiger partial charge in [0.05, 0.1) is 13.7 Å². The Morgan fingerprint density at radius 2 is 1.46 bits per heavy atom. The zero-order valence-electron chi connectivity index (χ0n) is 22.9. The van der Waals surface area contributed by atoms with Crippen LogP contribution in [-0.4, -0.2) is 39.1 Å². The SMILES string of the molecule is C=CCCCCCCCCC.CC.CCCCOc1ccccc1.COC(=O)CNC=O.NC=O. The van der Waals surface area contributed by atoms with Crippen molar-refractivity contribution < 1.29 is 23.9 Å². The topological polar surface area (TPSA) is 108 Å². The smallest absolute Gasteiger partial charge is 0.325 e. The summed E-state index contributed by atoms with van der Waals surface area (Å²) in [6, 6.07) is 9.93. The minimum absolute atomic E-state index is 0.0556. The van der Waals surface area contributed by atoms with Crippen LogP contribution >= 0.6 is 0 Å². The molecule has 2 amide bonds. The van der Waals surface area contributed by atoms with Crippen molar-refractivity contribution in [3.63, 3.8) is 0 Å². The first-order valence-corrected chi connectivity index (χ1v) is 12.8. The lowest BCUT2D eigenvalue weighted by molar-refractivity contribution is -0.140. The maximum atomic E-state index is 10.1. The first kappa shape index (κ1) is 39.4. The first-order chi connectivity index (χ1) is 17.1. The molecule has 0 atom stereocenters. The molecular weight excluding hydrogens is 444 g/mol. The third kappa shape index (κ3) is 45.4. The van der Waals surface area contributed by atoms with E-state index in [4.69, 9.17) is 9.53 Å². The van der Waals surface area contributed by atoms with Gasteiger partial charge in [0.1, 0.15) is 12.3 Å². The van der Waals surface area contributed by atoms with Crippen LogP contribution < -0.4 is 15.8 Å². The molecule has 1 aromatic rings. The number of rotatable bonds is 15.